The number of rotatable bonds is 3. The van der Waals surface area contributed by atoms with Gasteiger partial charge in [-0.3, -0.25) is 0 Å². The molecule has 0 saturated heterocycles. The van der Waals surface area contributed by atoms with Gasteiger partial charge in [-0.25, -0.2) is 0 Å². The molecule has 0 fully saturated rings. The van der Waals surface area contributed by atoms with Gasteiger partial charge in [0.05, 0.1) is 23.9 Å². The van der Waals surface area contributed by atoms with Crippen LogP contribution in [0.25, 0.3) is 10.9 Å². The maximum Gasteiger partial charge on any atom is 0.174 e. The number of para-hydroxylation sites is 1. The van der Waals surface area contributed by atoms with E-state index in [2.05, 4.69) is 27.3 Å². The monoisotopic (exact) mass is 481 g/mol. The molecule has 32 heavy (non-hydrogen) atoms. The van der Waals surface area contributed by atoms with Gasteiger partial charge in [-0.15, -0.1) is 0 Å². The Kier molecular flexibility index (Phi) is 5.72. The van der Waals surface area contributed by atoms with Crippen molar-refractivity contribution in [3.63, 3.8) is 0 Å². The van der Waals surface area contributed by atoms with Crippen molar-refractivity contribution >= 4 is 57.1 Å². The quantitative estimate of drug-likeness (QED) is 0.314. The first-order chi connectivity index (χ1) is 15.5. The van der Waals surface area contributed by atoms with Gasteiger partial charge in [0, 0.05) is 28.2 Å². The molecule has 1 aliphatic heterocycles. The van der Waals surface area contributed by atoms with Crippen LogP contribution in [0.3, 0.4) is 0 Å². The van der Waals surface area contributed by atoms with Gasteiger partial charge in [0.25, 0.3) is 0 Å². The Morgan fingerprint density at radius 2 is 1.88 bits per heavy atom. The number of halogens is 2. The van der Waals surface area contributed by atoms with Gasteiger partial charge in [-0.1, -0.05) is 47.5 Å². The van der Waals surface area contributed by atoms with Crippen LogP contribution < -0.4 is 10.1 Å². The first kappa shape index (κ1) is 21.1. The summed E-state index contributed by atoms with van der Waals surface area (Å²) in [5, 5.41) is 6.50. The van der Waals surface area contributed by atoms with E-state index in [1.807, 2.05) is 54.6 Å². The summed E-state index contributed by atoms with van der Waals surface area (Å²) in [6, 6.07) is 21.6. The van der Waals surface area contributed by atoms with Gasteiger partial charge < -0.3 is 19.9 Å². The van der Waals surface area contributed by atoms with E-state index in [-0.39, 0.29) is 6.04 Å². The predicted molar refractivity (Wildman–Crippen MR) is 136 cm³/mol. The van der Waals surface area contributed by atoms with Gasteiger partial charge >= 0.3 is 0 Å². The summed E-state index contributed by atoms with van der Waals surface area (Å²) in [5.74, 6) is 0.816. The molecule has 162 valence electrons. The summed E-state index contributed by atoms with van der Waals surface area (Å²) in [5.41, 5.74) is 5.39. The van der Waals surface area contributed by atoms with Gasteiger partial charge in [-0.05, 0) is 72.2 Å². The van der Waals surface area contributed by atoms with Gasteiger partial charge in [0.2, 0.25) is 0 Å². The minimum absolute atomic E-state index is 0.0849. The molecule has 0 aliphatic carbocycles. The molecule has 2 heterocycles. The number of aromatic nitrogens is 1. The van der Waals surface area contributed by atoms with Crippen LogP contribution in [-0.4, -0.2) is 28.7 Å². The minimum atomic E-state index is -0.0849. The van der Waals surface area contributed by atoms with Gasteiger partial charge in [-0.2, -0.15) is 0 Å². The number of methoxy groups -OCH3 is 1. The SMILES string of the molecule is COc1ccc(C2c3[nH]c4ccc(Cl)cc4c3CCN2C(=S)Nc2ccccc2Cl)cc1. The van der Waals surface area contributed by atoms with E-state index in [1.54, 1.807) is 7.11 Å². The van der Waals surface area contributed by atoms with Crippen molar-refractivity contribution in [1.29, 1.82) is 0 Å². The predicted octanol–water partition coefficient (Wildman–Crippen LogP) is 6.83. The minimum Gasteiger partial charge on any atom is -0.497 e. The number of fused-ring (bicyclic) bond motifs is 3. The highest BCUT2D eigenvalue weighted by Crippen LogP contribution is 2.40. The topological polar surface area (TPSA) is 40.3 Å². The van der Waals surface area contributed by atoms with Crippen molar-refractivity contribution in [2.45, 2.75) is 12.5 Å². The van der Waals surface area contributed by atoms with Gasteiger partial charge in [0.1, 0.15) is 5.75 Å². The molecule has 0 spiro atoms. The number of benzene rings is 3. The molecule has 0 saturated carbocycles. The second kappa shape index (κ2) is 8.66. The van der Waals surface area contributed by atoms with Crippen molar-refractivity contribution in [2.24, 2.45) is 0 Å². The zero-order valence-electron chi connectivity index (χ0n) is 17.4. The second-order valence-corrected chi connectivity index (χ2v) is 8.97. The molecule has 1 atom stereocenters. The number of hydrogen-bond acceptors (Lipinski definition) is 2. The Hall–Kier alpha value is -2.73. The number of hydrogen-bond donors (Lipinski definition) is 2. The molecule has 5 rings (SSSR count). The highest BCUT2D eigenvalue weighted by atomic mass is 35.5. The normalized spacial score (nSPS) is 15.5. The Labute approximate surface area is 202 Å². The molecular weight excluding hydrogens is 461 g/mol. The van der Waals surface area contributed by atoms with E-state index in [0.29, 0.717) is 10.1 Å². The number of aromatic amines is 1. The van der Waals surface area contributed by atoms with Crippen molar-refractivity contribution in [3.8, 4) is 5.75 Å². The summed E-state index contributed by atoms with van der Waals surface area (Å²) in [7, 11) is 1.67. The highest BCUT2D eigenvalue weighted by Gasteiger charge is 2.33. The molecule has 3 aromatic carbocycles. The number of H-pyrrole nitrogens is 1. The zero-order valence-corrected chi connectivity index (χ0v) is 19.7. The van der Waals surface area contributed by atoms with E-state index in [4.69, 9.17) is 40.2 Å². The third kappa shape index (κ3) is 3.81. The number of thiocarbonyl (C=S) groups is 1. The van der Waals surface area contributed by atoms with Crippen molar-refractivity contribution in [2.75, 3.05) is 19.0 Å². The lowest BCUT2D eigenvalue weighted by atomic mass is 9.92. The van der Waals surface area contributed by atoms with Crippen LogP contribution >= 0.6 is 35.4 Å². The van der Waals surface area contributed by atoms with Crippen LogP contribution in [0.4, 0.5) is 5.69 Å². The molecule has 0 amide bonds. The fourth-order valence-electron chi connectivity index (χ4n) is 4.36. The largest absolute Gasteiger partial charge is 0.497 e. The average molecular weight is 482 g/mol. The van der Waals surface area contributed by atoms with E-state index >= 15 is 0 Å². The molecule has 1 aliphatic rings. The Morgan fingerprint density at radius 3 is 2.62 bits per heavy atom. The molecule has 2 N–H and O–H groups in total. The second-order valence-electron chi connectivity index (χ2n) is 7.74. The third-order valence-corrected chi connectivity index (χ3v) is 6.80. The smallest absolute Gasteiger partial charge is 0.174 e. The molecule has 4 nitrogen and oxygen atoms in total. The van der Waals surface area contributed by atoms with Crippen LogP contribution in [0.1, 0.15) is 22.9 Å². The molecule has 7 heteroatoms. The summed E-state index contributed by atoms with van der Waals surface area (Å²) in [4.78, 5) is 5.84. The van der Waals surface area contributed by atoms with Gasteiger partial charge in [0.15, 0.2) is 5.11 Å². The van der Waals surface area contributed by atoms with Crippen LogP contribution in [0.2, 0.25) is 10.0 Å². The Bertz CT molecular complexity index is 1300. The van der Waals surface area contributed by atoms with Crippen LogP contribution in [0.15, 0.2) is 66.7 Å². The van der Waals surface area contributed by atoms with E-state index in [9.17, 15) is 0 Å². The summed E-state index contributed by atoms with van der Waals surface area (Å²) >= 11 is 18.5. The Morgan fingerprint density at radius 1 is 1.09 bits per heavy atom. The van der Waals surface area contributed by atoms with Crippen molar-refractivity contribution in [1.82, 2.24) is 9.88 Å². The number of anilines is 1. The Balaban J connectivity index is 1.59. The number of nitrogens with zero attached hydrogens (tertiary/aromatic N) is 1. The molecule has 0 radical (unpaired) electrons. The lowest BCUT2D eigenvalue weighted by molar-refractivity contribution is 0.339. The van der Waals surface area contributed by atoms with Crippen LogP contribution in [-0.2, 0) is 6.42 Å². The summed E-state index contributed by atoms with van der Waals surface area (Å²) in [6.07, 6.45) is 0.854. The zero-order chi connectivity index (χ0) is 22.2. The molecule has 0 bridgehead atoms. The molecular formula is C25H21Cl2N3OS. The third-order valence-electron chi connectivity index (χ3n) is 5.90. The van der Waals surface area contributed by atoms with Crippen molar-refractivity contribution < 1.29 is 4.74 Å². The lowest BCUT2D eigenvalue weighted by Gasteiger charge is -2.38. The summed E-state index contributed by atoms with van der Waals surface area (Å²) in [6.45, 7) is 0.763. The lowest BCUT2D eigenvalue weighted by Crippen LogP contribution is -2.42. The number of ether oxygens (including phenoxy) is 1. The van der Waals surface area contributed by atoms with Crippen LogP contribution in [0.5, 0.6) is 5.75 Å². The molecule has 1 aromatic heterocycles. The molecule has 1 unspecified atom stereocenters. The maximum atomic E-state index is 6.37. The van der Waals surface area contributed by atoms with E-state index in [1.165, 1.54) is 5.56 Å². The fourth-order valence-corrected chi connectivity index (χ4v) is 5.02. The first-order valence-corrected chi connectivity index (χ1v) is 11.5. The summed E-state index contributed by atoms with van der Waals surface area (Å²) < 4.78 is 5.36. The van der Waals surface area contributed by atoms with E-state index < -0.39 is 0 Å². The van der Waals surface area contributed by atoms with Crippen LogP contribution in [0, 0.1) is 0 Å². The molecule has 4 aromatic rings. The highest BCUT2D eigenvalue weighted by molar-refractivity contribution is 7.80. The van der Waals surface area contributed by atoms with E-state index in [0.717, 1.165) is 51.6 Å². The first-order valence-electron chi connectivity index (χ1n) is 10.3. The number of nitrogens with one attached hydrogen (secondary N) is 2. The van der Waals surface area contributed by atoms with Crippen molar-refractivity contribution in [3.05, 3.63) is 93.6 Å². The maximum absolute atomic E-state index is 6.37. The average Bonchev–Trinajstić information content (AvgIpc) is 3.18. The fraction of sp³-hybridized carbons (Fsp3) is 0.160. The standard InChI is InChI=1S/C25H21Cl2N3OS/c1-31-17-9-6-15(7-10-17)24-23-18(19-14-16(26)8-11-21(19)28-23)12-13-30(24)25(32)29-22-5-3-2-4-20(22)27/h2-11,14,24,28H,12-13H2,1H3,(H,29,32).